The van der Waals surface area contributed by atoms with Crippen molar-refractivity contribution in [3.8, 4) is 11.1 Å². The number of aromatic nitrogens is 2. The van der Waals surface area contributed by atoms with Crippen LogP contribution in [0.4, 0.5) is 0 Å². The molecule has 0 spiro atoms. The molecule has 21 heavy (non-hydrogen) atoms. The number of halogens is 1. The molecule has 5 heteroatoms. The van der Waals surface area contributed by atoms with Gasteiger partial charge in [0.15, 0.2) is 0 Å². The molecule has 0 aliphatic rings. The summed E-state index contributed by atoms with van der Waals surface area (Å²) in [6.45, 7) is 4.85. The first-order valence-electron chi connectivity index (χ1n) is 6.79. The Balaban J connectivity index is 2.20. The van der Waals surface area contributed by atoms with Crippen LogP contribution in [-0.4, -0.2) is 9.55 Å². The molecule has 2 aromatic heterocycles. The summed E-state index contributed by atoms with van der Waals surface area (Å²) in [5.74, 6) is 0.402. The minimum absolute atomic E-state index is 0.0277. The van der Waals surface area contributed by atoms with Crippen molar-refractivity contribution in [1.29, 1.82) is 0 Å². The fourth-order valence-electron chi connectivity index (χ4n) is 2.33. The van der Waals surface area contributed by atoms with Crippen molar-refractivity contribution in [2.75, 3.05) is 0 Å². The van der Waals surface area contributed by atoms with Crippen LogP contribution in [0.25, 0.3) is 21.3 Å². The average Bonchev–Trinajstić information content (AvgIpc) is 2.87. The normalized spacial score (nSPS) is 11.4. The maximum absolute atomic E-state index is 12.7. The minimum Gasteiger partial charge on any atom is -0.298 e. The quantitative estimate of drug-likeness (QED) is 0.716. The zero-order chi connectivity index (χ0) is 15.0. The van der Waals surface area contributed by atoms with Crippen LogP contribution >= 0.6 is 22.9 Å². The molecular formula is C16H15ClN2OS. The molecule has 0 saturated heterocycles. The van der Waals surface area contributed by atoms with Gasteiger partial charge in [0.2, 0.25) is 0 Å². The monoisotopic (exact) mass is 318 g/mol. The molecule has 2 heterocycles. The second-order valence-corrected chi connectivity index (χ2v) is 6.73. The van der Waals surface area contributed by atoms with Gasteiger partial charge in [-0.1, -0.05) is 37.6 Å². The molecule has 0 bridgehead atoms. The molecule has 108 valence electrons. The number of thiophene rings is 1. The van der Waals surface area contributed by atoms with Crippen LogP contribution in [0, 0.1) is 5.92 Å². The second kappa shape index (κ2) is 5.62. The van der Waals surface area contributed by atoms with E-state index in [2.05, 4.69) is 18.8 Å². The topological polar surface area (TPSA) is 34.9 Å². The molecule has 0 radical (unpaired) electrons. The number of hydrogen-bond acceptors (Lipinski definition) is 3. The Morgan fingerprint density at radius 2 is 2.00 bits per heavy atom. The van der Waals surface area contributed by atoms with Crippen molar-refractivity contribution in [1.82, 2.24) is 9.55 Å². The van der Waals surface area contributed by atoms with Gasteiger partial charge in [0.1, 0.15) is 4.83 Å². The van der Waals surface area contributed by atoms with Gasteiger partial charge in [0, 0.05) is 22.5 Å². The van der Waals surface area contributed by atoms with E-state index in [1.807, 2.05) is 29.6 Å². The zero-order valence-electron chi connectivity index (χ0n) is 11.8. The Morgan fingerprint density at radius 3 is 2.67 bits per heavy atom. The van der Waals surface area contributed by atoms with Crippen molar-refractivity contribution in [3.05, 3.63) is 51.3 Å². The number of fused-ring (bicyclic) bond motifs is 1. The van der Waals surface area contributed by atoms with E-state index < -0.39 is 0 Å². The van der Waals surface area contributed by atoms with E-state index in [-0.39, 0.29) is 5.56 Å². The van der Waals surface area contributed by atoms with Crippen molar-refractivity contribution in [3.63, 3.8) is 0 Å². The van der Waals surface area contributed by atoms with Gasteiger partial charge in [-0.05, 0) is 23.6 Å². The highest BCUT2D eigenvalue weighted by molar-refractivity contribution is 7.17. The summed E-state index contributed by atoms with van der Waals surface area (Å²) in [5.41, 5.74) is 1.95. The standard InChI is InChI=1S/C16H15ClN2OS/c1-10(2)7-19-9-18-15-14(16(19)20)13(8-21-15)11-3-5-12(17)6-4-11/h3-6,8-10H,7H2,1-2H3. The summed E-state index contributed by atoms with van der Waals surface area (Å²) in [5, 5.41) is 3.38. The van der Waals surface area contributed by atoms with Crippen LogP contribution in [0.15, 0.2) is 40.8 Å². The van der Waals surface area contributed by atoms with Crippen LogP contribution in [0.2, 0.25) is 5.02 Å². The van der Waals surface area contributed by atoms with Crippen molar-refractivity contribution in [2.45, 2.75) is 20.4 Å². The van der Waals surface area contributed by atoms with Crippen LogP contribution in [0.1, 0.15) is 13.8 Å². The van der Waals surface area contributed by atoms with E-state index in [4.69, 9.17) is 11.6 Å². The largest absolute Gasteiger partial charge is 0.298 e. The van der Waals surface area contributed by atoms with Gasteiger partial charge in [-0.15, -0.1) is 11.3 Å². The second-order valence-electron chi connectivity index (χ2n) is 5.43. The van der Waals surface area contributed by atoms with Crippen LogP contribution < -0.4 is 5.56 Å². The SMILES string of the molecule is CC(C)Cn1cnc2scc(-c3ccc(Cl)cc3)c2c1=O. The maximum Gasteiger partial charge on any atom is 0.262 e. The molecule has 0 aliphatic carbocycles. The highest BCUT2D eigenvalue weighted by atomic mass is 35.5. The van der Waals surface area contributed by atoms with Gasteiger partial charge in [-0.25, -0.2) is 4.98 Å². The van der Waals surface area contributed by atoms with E-state index in [9.17, 15) is 4.79 Å². The maximum atomic E-state index is 12.7. The highest BCUT2D eigenvalue weighted by Gasteiger charge is 2.13. The lowest BCUT2D eigenvalue weighted by atomic mass is 10.1. The average molecular weight is 319 g/mol. The molecule has 3 rings (SSSR count). The molecule has 0 N–H and O–H groups in total. The first-order valence-corrected chi connectivity index (χ1v) is 8.04. The molecular weight excluding hydrogens is 304 g/mol. The number of rotatable bonds is 3. The summed E-state index contributed by atoms with van der Waals surface area (Å²) in [6.07, 6.45) is 1.65. The van der Waals surface area contributed by atoms with E-state index in [0.29, 0.717) is 22.9 Å². The molecule has 0 atom stereocenters. The van der Waals surface area contributed by atoms with Crippen LogP contribution in [-0.2, 0) is 6.54 Å². The number of hydrogen-bond donors (Lipinski definition) is 0. The Labute approximate surface area is 131 Å². The Morgan fingerprint density at radius 1 is 1.29 bits per heavy atom. The molecule has 0 fully saturated rings. The summed E-state index contributed by atoms with van der Waals surface area (Å²) in [7, 11) is 0. The fraction of sp³-hybridized carbons (Fsp3) is 0.250. The van der Waals surface area contributed by atoms with E-state index in [1.165, 1.54) is 11.3 Å². The van der Waals surface area contributed by atoms with Crippen molar-refractivity contribution in [2.24, 2.45) is 5.92 Å². The Hall–Kier alpha value is -1.65. The summed E-state index contributed by atoms with van der Waals surface area (Å²) in [4.78, 5) is 17.9. The van der Waals surface area contributed by atoms with E-state index in [1.54, 1.807) is 10.9 Å². The molecule has 3 nitrogen and oxygen atoms in total. The van der Waals surface area contributed by atoms with Gasteiger partial charge in [-0.3, -0.25) is 9.36 Å². The lowest BCUT2D eigenvalue weighted by Gasteiger charge is -2.08. The molecule has 0 amide bonds. The predicted molar refractivity (Wildman–Crippen MR) is 89.2 cm³/mol. The smallest absolute Gasteiger partial charge is 0.262 e. The van der Waals surface area contributed by atoms with Crippen LogP contribution in [0.3, 0.4) is 0 Å². The third-order valence-electron chi connectivity index (χ3n) is 3.28. The number of benzene rings is 1. The molecule has 1 aromatic carbocycles. The predicted octanol–water partition coefficient (Wildman–Crippen LogP) is 4.43. The molecule has 0 saturated carbocycles. The van der Waals surface area contributed by atoms with E-state index in [0.717, 1.165) is 16.0 Å². The summed E-state index contributed by atoms with van der Waals surface area (Å²) in [6, 6.07) is 7.54. The molecule has 0 unspecified atom stereocenters. The minimum atomic E-state index is 0.0277. The molecule has 3 aromatic rings. The van der Waals surface area contributed by atoms with Gasteiger partial charge in [0.05, 0.1) is 11.7 Å². The first kappa shape index (κ1) is 14.3. The van der Waals surface area contributed by atoms with Gasteiger partial charge in [0.25, 0.3) is 5.56 Å². The fourth-order valence-corrected chi connectivity index (χ4v) is 3.37. The summed E-state index contributed by atoms with van der Waals surface area (Å²) >= 11 is 7.43. The first-order chi connectivity index (χ1) is 10.1. The van der Waals surface area contributed by atoms with Gasteiger partial charge in [-0.2, -0.15) is 0 Å². The van der Waals surface area contributed by atoms with Crippen LogP contribution in [0.5, 0.6) is 0 Å². The number of nitrogens with zero attached hydrogens (tertiary/aromatic N) is 2. The highest BCUT2D eigenvalue weighted by Crippen LogP contribution is 2.31. The van der Waals surface area contributed by atoms with Gasteiger partial charge < -0.3 is 0 Å². The summed E-state index contributed by atoms with van der Waals surface area (Å²) < 4.78 is 1.69. The van der Waals surface area contributed by atoms with Crippen molar-refractivity contribution < 1.29 is 0 Å². The Kier molecular flexibility index (Phi) is 3.83. The molecule has 0 aliphatic heterocycles. The van der Waals surface area contributed by atoms with Crippen molar-refractivity contribution >= 4 is 33.2 Å². The van der Waals surface area contributed by atoms with E-state index >= 15 is 0 Å². The lowest BCUT2D eigenvalue weighted by Crippen LogP contribution is -2.22. The zero-order valence-corrected chi connectivity index (χ0v) is 13.4. The lowest BCUT2D eigenvalue weighted by molar-refractivity contribution is 0.508. The third kappa shape index (κ3) is 2.74. The Bertz CT molecular complexity index is 834. The third-order valence-corrected chi connectivity index (χ3v) is 4.42. The van der Waals surface area contributed by atoms with Gasteiger partial charge >= 0.3 is 0 Å².